The molecule has 1 fully saturated rings. The zero-order chi connectivity index (χ0) is 13.0. The van der Waals surface area contributed by atoms with E-state index < -0.39 is 0 Å². The van der Waals surface area contributed by atoms with E-state index in [1.165, 1.54) is 5.69 Å². The molecule has 0 spiro atoms. The van der Waals surface area contributed by atoms with Crippen molar-refractivity contribution in [1.29, 1.82) is 0 Å². The molecule has 2 rings (SSSR count). The summed E-state index contributed by atoms with van der Waals surface area (Å²) in [6, 6.07) is 8.77. The van der Waals surface area contributed by atoms with Gasteiger partial charge in [-0.25, -0.2) is 0 Å². The minimum Gasteiger partial charge on any atom is -0.388 e. The van der Waals surface area contributed by atoms with Crippen molar-refractivity contribution in [2.45, 2.75) is 38.8 Å². The summed E-state index contributed by atoms with van der Waals surface area (Å²) in [4.78, 5) is 2.41. The van der Waals surface area contributed by atoms with Gasteiger partial charge < -0.3 is 14.7 Å². The fourth-order valence-corrected chi connectivity index (χ4v) is 2.46. The summed E-state index contributed by atoms with van der Waals surface area (Å²) < 4.78 is 5.52. The van der Waals surface area contributed by atoms with Gasteiger partial charge in [0.25, 0.3) is 0 Å². The van der Waals surface area contributed by atoms with Gasteiger partial charge in [0.05, 0.1) is 25.4 Å². The van der Waals surface area contributed by atoms with Gasteiger partial charge >= 0.3 is 0 Å². The Hall–Kier alpha value is -1.06. The Labute approximate surface area is 109 Å². The molecule has 0 aliphatic carbocycles. The first kappa shape index (κ1) is 13.4. The van der Waals surface area contributed by atoms with Gasteiger partial charge in [0, 0.05) is 12.2 Å². The molecule has 0 saturated carbocycles. The van der Waals surface area contributed by atoms with Gasteiger partial charge in [0.1, 0.15) is 0 Å². The summed E-state index contributed by atoms with van der Waals surface area (Å²) >= 11 is 0. The van der Waals surface area contributed by atoms with E-state index in [1.807, 2.05) is 19.1 Å². The number of anilines is 1. The quantitative estimate of drug-likeness (QED) is 0.890. The Kier molecular flexibility index (Phi) is 4.61. The average Bonchev–Trinajstić information content (AvgIpc) is 2.46. The third-order valence-corrected chi connectivity index (χ3v) is 3.69. The molecule has 0 radical (unpaired) electrons. The topological polar surface area (TPSA) is 32.7 Å². The highest BCUT2D eigenvalue weighted by Gasteiger charge is 2.21. The number of ether oxygens (including phenoxy) is 1. The first-order valence-electron chi connectivity index (χ1n) is 6.88. The molecule has 100 valence electrons. The van der Waals surface area contributed by atoms with E-state index in [1.54, 1.807) is 0 Å². The molecule has 0 aromatic heterocycles. The number of aliphatic hydroxyl groups is 1. The minimum atomic E-state index is -0.342. The fraction of sp³-hybridized carbons (Fsp3) is 0.600. The largest absolute Gasteiger partial charge is 0.388 e. The molecule has 1 aliphatic heterocycles. The van der Waals surface area contributed by atoms with Crippen LogP contribution in [-0.4, -0.2) is 30.9 Å². The highest BCUT2D eigenvalue weighted by Crippen LogP contribution is 2.24. The summed E-state index contributed by atoms with van der Waals surface area (Å²) in [5, 5.41) is 9.80. The predicted octanol–water partition coefficient (Wildman–Crippen LogP) is 2.75. The summed E-state index contributed by atoms with van der Waals surface area (Å²) in [6.07, 6.45) is 1.51. The zero-order valence-electron chi connectivity index (χ0n) is 11.3. The Bertz CT molecular complexity index is 363. The molecule has 3 heteroatoms. The maximum Gasteiger partial charge on any atom is 0.0787 e. The normalized spacial score (nSPS) is 21.9. The second-order valence-corrected chi connectivity index (χ2v) is 4.85. The van der Waals surface area contributed by atoms with Crippen molar-refractivity contribution in [3.05, 3.63) is 29.8 Å². The van der Waals surface area contributed by atoms with Gasteiger partial charge in [-0.05, 0) is 30.5 Å². The minimum absolute atomic E-state index is 0.342. The van der Waals surface area contributed by atoms with Crippen LogP contribution in [0, 0.1) is 0 Å². The monoisotopic (exact) mass is 249 g/mol. The lowest BCUT2D eigenvalue weighted by molar-refractivity contribution is 0.0930. The van der Waals surface area contributed by atoms with Crippen LogP contribution in [0.1, 0.15) is 38.4 Å². The Balaban J connectivity index is 2.12. The van der Waals surface area contributed by atoms with Gasteiger partial charge in [-0.3, -0.25) is 0 Å². The number of aliphatic hydroxyl groups excluding tert-OH is 1. The summed E-state index contributed by atoms with van der Waals surface area (Å²) in [7, 11) is 0. The highest BCUT2D eigenvalue weighted by molar-refractivity contribution is 5.49. The molecule has 1 aliphatic rings. The zero-order valence-corrected chi connectivity index (χ0v) is 11.3. The van der Waals surface area contributed by atoms with Crippen LogP contribution in [0.4, 0.5) is 5.69 Å². The van der Waals surface area contributed by atoms with Crippen LogP contribution >= 0.6 is 0 Å². The highest BCUT2D eigenvalue weighted by atomic mass is 16.5. The lowest BCUT2D eigenvalue weighted by Gasteiger charge is -2.37. The van der Waals surface area contributed by atoms with Crippen LogP contribution in [0.5, 0.6) is 0 Å². The van der Waals surface area contributed by atoms with Gasteiger partial charge in [-0.15, -0.1) is 0 Å². The summed E-state index contributed by atoms with van der Waals surface area (Å²) in [5.41, 5.74) is 2.24. The lowest BCUT2D eigenvalue weighted by atomic mass is 10.1. The number of morpholine rings is 1. The van der Waals surface area contributed by atoms with E-state index in [2.05, 4.69) is 24.0 Å². The molecular formula is C15H23NO2. The lowest BCUT2D eigenvalue weighted by Crippen LogP contribution is -2.45. The smallest absolute Gasteiger partial charge is 0.0787 e. The maximum atomic E-state index is 9.80. The summed E-state index contributed by atoms with van der Waals surface area (Å²) in [6.45, 7) is 6.76. The average molecular weight is 249 g/mol. The van der Waals surface area contributed by atoms with Gasteiger partial charge in [0.15, 0.2) is 0 Å². The molecule has 1 aromatic carbocycles. The van der Waals surface area contributed by atoms with Crippen LogP contribution in [0.3, 0.4) is 0 Å². The molecule has 1 heterocycles. The maximum absolute atomic E-state index is 9.80. The Morgan fingerprint density at radius 1 is 1.33 bits per heavy atom. The number of benzene rings is 1. The third kappa shape index (κ3) is 2.85. The Morgan fingerprint density at radius 3 is 2.67 bits per heavy atom. The van der Waals surface area contributed by atoms with Crippen molar-refractivity contribution in [3.8, 4) is 0 Å². The van der Waals surface area contributed by atoms with Crippen molar-refractivity contribution in [3.63, 3.8) is 0 Å². The molecule has 3 nitrogen and oxygen atoms in total. The van der Waals surface area contributed by atoms with Gasteiger partial charge in [0.2, 0.25) is 0 Å². The van der Waals surface area contributed by atoms with E-state index >= 15 is 0 Å². The number of rotatable bonds is 4. The molecule has 1 aromatic rings. The van der Waals surface area contributed by atoms with Crippen molar-refractivity contribution in [1.82, 2.24) is 0 Å². The van der Waals surface area contributed by atoms with Crippen molar-refractivity contribution in [2.24, 2.45) is 0 Å². The van der Waals surface area contributed by atoms with E-state index in [0.717, 1.165) is 38.2 Å². The Morgan fingerprint density at radius 2 is 2.06 bits per heavy atom. The number of nitrogens with zero attached hydrogens (tertiary/aromatic N) is 1. The first-order valence-corrected chi connectivity index (χ1v) is 6.88. The van der Waals surface area contributed by atoms with E-state index in [0.29, 0.717) is 6.04 Å². The second kappa shape index (κ2) is 6.21. The SMILES string of the molecule is CCC(O)c1ccc(N2CCOCC2CC)cc1. The molecular weight excluding hydrogens is 226 g/mol. The molecule has 2 atom stereocenters. The number of hydrogen-bond donors (Lipinski definition) is 1. The van der Waals surface area contributed by atoms with Crippen molar-refractivity contribution >= 4 is 5.69 Å². The molecule has 0 bridgehead atoms. The van der Waals surface area contributed by atoms with Gasteiger partial charge in [-0.2, -0.15) is 0 Å². The van der Waals surface area contributed by atoms with E-state index in [9.17, 15) is 5.11 Å². The van der Waals surface area contributed by atoms with Crippen LogP contribution in [-0.2, 0) is 4.74 Å². The first-order chi connectivity index (χ1) is 8.76. The summed E-state index contributed by atoms with van der Waals surface area (Å²) in [5.74, 6) is 0. The van der Waals surface area contributed by atoms with Crippen LogP contribution in [0.15, 0.2) is 24.3 Å². The number of hydrogen-bond acceptors (Lipinski definition) is 3. The van der Waals surface area contributed by atoms with Crippen molar-refractivity contribution < 1.29 is 9.84 Å². The molecule has 2 unspecified atom stereocenters. The van der Waals surface area contributed by atoms with Crippen molar-refractivity contribution in [2.75, 3.05) is 24.7 Å². The van der Waals surface area contributed by atoms with Gasteiger partial charge in [-0.1, -0.05) is 26.0 Å². The van der Waals surface area contributed by atoms with Crippen LogP contribution in [0.2, 0.25) is 0 Å². The molecule has 1 N–H and O–H groups in total. The molecule has 1 saturated heterocycles. The third-order valence-electron chi connectivity index (χ3n) is 3.69. The van der Waals surface area contributed by atoms with Crippen LogP contribution < -0.4 is 4.90 Å². The van der Waals surface area contributed by atoms with E-state index in [-0.39, 0.29) is 6.10 Å². The molecule has 18 heavy (non-hydrogen) atoms. The molecule has 0 amide bonds. The standard InChI is InChI=1S/C15H23NO2/c1-3-13-11-18-10-9-16(13)14-7-5-12(6-8-14)15(17)4-2/h5-8,13,15,17H,3-4,9-11H2,1-2H3. The fourth-order valence-electron chi connectivity index (χ4n) is 2.46. The second-order valence-electron chi connectivity index (χ2n) is 4.85. The van der Waals surface area contributed by atoms with Crippen LogP contribution in [0.25, 0.3) is 0 Å². The predicted molar refractivity (Wildman–Crippen MR) is 73.9 cm³/mol. The van der Waals surface area contributed by atoms with E-state index in [4.69, 9.17) is 4.74 Å².